The Bertz CT molecular complexity index is 425. The third kappa shape index (κ3) is 5.61. The molecule has 0 bridgehead atoms. The van der Waals surface area contributed by atoms with Crippen LogP contribution < -0.4 is 11.1 Å². The molecule has 4 heteroatoms. The highest BCUT2D eigenvalue weighted by Crippen LogP contribution is 2.12. The number of likely N-dealkylation sites (N-methyl/N-ethyl adjacent to an activating group) is 1. The summed E-state index contributed by atoms with van der Waals surface area (Å²) in [5.74, 6) is 0.496. The molecule has 1 unspecified atom stereocenters. The van der Waals surface area contributed by atoms with E-state index < -0.39 is 0 Å². The number of nitrogens with two attached hydrogens (primary N) is 1. The van der Waals surface area contributed by atoms with Gasteiger partial charge in [-0.3, -0.25) is 4.79 Å². The second-order valence-corrected chi connectivity index (χ2v) is 6.19. The number of anilines is 1. The fourth-order valence-electron chi connectivity index (χ4n) is 2.40. The van der Waals surface area contributed by atoms with E-state index in [0.29, 0.717) is 17.2 Å². The first kappa shape index (κ1) is 16.5. The highest BCUT2D eigenvalue weighted by atomic mass is 16.1. The summed E-state index contributed by atoms with van der Waals surface area (Å²) in [6.45, 7) is 7.11. The highest BCUT2D eigenvalue weighted by molar-refractivity contribution is 5.95. The highest BCUT2D eigenvalue weighted by Gasteiger charge is 2.16. The zero-order valence-electron chi connectivity index (χ0n) is 13.2. The van der Waals surface area contributed by atoms with Gasteiger partial charge in [0.1, 0.15) is 0 Å². The molecular weight excluding hydrogens is 250 g/mol. The standard InChI is InChI=1S/C16H27N3O/c1-11(2)6-15(10-19(4)5)18-16(20)13-7-12(3)8-14(17)9-13/h7-9,11,15H,6,10,17H2,1-5H3,(H,18,20). The van der Waals surface area contributed by atoms with Crippen LogP contribution in [0.25, 0.3) is 0 Å². The first-order chi connectivity index (χ1) is 9.27. The normalized spacial score (nSPS) is 12.8. The smallest absolute Gasteiger partial charge is 0.251 e. The number of hydrogen-bond acceptors (Lipinski definition) is 3. The van der Waals surface area contributed by atoms with Gasteiger partial charge in [-0.1, -0.05) is 13.8 Å². The first-order valence-corrected chi connectivity index (χ1v) is 7.10. The molecule has 0 saturated heterocycles. The van der Waals surface area contributed by atoms with Crippen LogP contribution in [0.3, 0.4) is 0 Å². The molecule has 1 amide bonds. The molecule has 4 nitrogen and oxygen atoms in total. The number of rotatable bonds is 6. The maximum atomic E-state index is 12.3. The predicted molar refractivity (Wildman–Crippen MR) is 84.9 cm³/mol. The lowest BCUT2D eigenvalue weighted by molar-refractivity contribution is 0.0924. The van der Waals surface area contributed by atoms with E-state index in [1.54, 1.807) is 6.07 Å². The van der Waals surface area contributed by atoms with Gasteiger partial charge in [-0.2, -0.15) is 0 Å². The van der Waals surface area contributed by atoms with Crippen LogP contribution in [0.1, 0.15) is 36.2 Å². The van der Waals surface area contributed by atoms with Crippen molar-refractivity contribution in [3.05, 3.63) is 29.3 Å². The monoisotopic (exact) mass is 277 g/mol. The second kappa shape index (κ2) is 7.29. The summed E-state index contributed by atoms with van der Waals surface area (Å²) in [5.41, 5.74) is 8.07. The Morgan fingerprint density at radius 2 is 1.95 bits per heavy atom. The number of carbonyl (C=O) groups excluding carboxylic acids is 1. The van der Waals surface area contributed by atoms with Crippen LogP contribution >= 0.6 is 0 Å². The fourth-order valence-corrected chi connectivity index (χ4v) is 2.40. The number of nitrogens with one attached hydrogen (secondary N) is 1. The zero-order chi connectivity index (χ0) is 15.3. The molecule has 0 saturated carbocycles. The Labute approximate surface area is 122 Å². The molecule has 3 N–H and O–H groups in total. The van der Waals surface area contributed by atoms with E-state index in [1.165, 1.54) is 0 Å². The van der Waals surface area contributed by atoms with E-state index in [2.05, 4.69) is 24.1 Å². The summed E-state index contributed by atoms with van der Waals surface area (Å²) in [6, 6.07) is 5.61. The van der Waals surface area contributed by atoms with Crippen LogP contribution in [0, 0.1) is 12.8 Å². The van der Waals surface area contributed by atoms with Crippen molar-refractivity contribution in [1.82, 2.24) is 10.2 Å². The number of carbonyl (C=O) groups is 1. The Morgan fingerprint density at radius 3 is 2.45 bits per heavy atom. The van der Waals surface area contributed by atoms with Crippen LogP contribution in [0.2, 0.25) is 0 Å². The molecule has 0 heterocycles. The summed E-state index contributed by atoms with van der Waals surface area (Å²) in [5, 5.41) is 3.11. The summed E-state index contributed by atoms with van der Waals surface area (Å²) >= 11 is 0. The molecular formula is C16H27N3O. The van der Waals surface area contributed by atoms with E-state index in [9.17, 15) is 4.79 Å². The molecule has 1 atom stereocenters. The minimum Gasteiger partial charge on any atom is -0.399 e. The number of nitrogens with zero attached hydrogens (tertiary/aromatic N) is 1. The topological polar surface area (TPSA) is 58.4 Å². The van der Waals surface area contributed by atoms with Crippen molar-refractivity contribution in [2.75, 3.05) is 26.4 Å². The SMILES string of the molecule is Cc1cc(N)cc(C(=O)NC(CC(C)C)CN(C)C)c1. The third-order valence-electron chi connectivity index (χ3n) is 3.04. The average molecular weight is 277 g/mol. The molecule has 0 radical (unpaired) electrons. The van der Waals surface area contributed by atoms with Crippen molar-refractivity contribution in [1.29, 1.82) is 0 Å². The lowest BCUT2D eigenvalue weighted by atomic mass is 10.0. The number of amides is 1. The maximum absolute atomic E-state index is 12.3. The van der Waals surface area contributed by atoms with E-state index in [-0.39, 0.29) is 11.9 Å². The van der Waals surface area contributed by atoms with Gasteiger partial charge in [-0.15, -0.1) is 0 Å². The molecule has 1 rings (SSSR count). The molecule has 0 aromatic heterocycles. The Hall–Kier alpha value is -1.55. The zero-order valence-corrected chi connectivity index (χ0v) is 13.2. The van der Waals surface area contributed by atoms with Gasteiger partial charge in [0.25, 0.3) is 5.91 Å². The van der Waals surface area contributed by atoms with Gasteiger partial charge in [0.05, 0.1) is 0 Å². The van der Waals surface area contributed by atoms with E-state index in [4.69, 9.17) is 5.73 Å². The first-order valence-electron chi connectivity index (χ1n) is 7.10. The minimum absolute atomic E-state index is 0.0482. The van der Waals surface area contributed by atoms with Crippen molar-refractivity contribution in [3.8, 4) is 0 Å². The number of hydrogen-bond donors (Lipinski definition) is 2. The number of benzene rings is 1. The average Bonchev–Trinajstić information content (AvgIpc) is 2.25. The van der Waals surface area contributed by atoms with Gasteiger partial charge in [0, 0.05) is 23.8 Å². The summed E-state index contributed by atoms with van der Waals surface area (Å²) in [7, 11) is 4.04. The fraction of sp³-hybridized carbons (Fsp3) is 0.562. The molecule has 0 aliphatic carbocycles. The van der Waals surface area contributed by atoms with Gasteiger partial charge in [0.15, 0.2) is 0 Å². The van der Waals surface area contributed by atoms with Crippen molar-refractivity contribution in [2.45, 2.75) is 33.2 Å². The van der Waals surface area contributed by atoms with Gasteiger partial charge in [-0.25, -0.2) is 0 Å². The number of nitrogen functional groups attached to an aromatic ring is 1. The van der Waals surface area contributed by atoms with E-state index in [0.717, 1.165) is 18.5 Å². The predicted octanol–water partition coefficient (Wildman–Crippen LogP) is 2.28. The summed E-state index contributed by atoms with van der Waals surface area (Å²) in [4.78, 5) is 14.4. The molecule has 0 aliphatic heterocycles. The van der Waals surface area contributed by atoms with Crippen molar-refractivity contribution in [2.24, 2.45) is 5.92 Å². The maximum Gasteiger partial charge on any atom is 0.251 e. The third-order valence-corrected chi connectivity index (χ3v) is 3.04. The van der Waals surface area contributed by atoms with Crippen LogP contribution in [0.5, 0.6) is 0 Å². The van der Waals surface area contributed by atoms with Crippen LogP contribution in [-0.4, -0.2) is 37.5 Å². The van der Waals surface area contributed by atoms with Gasteiger partial charge in [-0.05, 0) is 57.1 Å². The van der Waals surface area contributed by atoms with Crippen LogP contribution in [-0.2, 0) is 0 Å². The molecule has 0 aliphatic rings. The molecule has 20 heavy (non-hydrogen) atoms. The lowest BCUT2D eigenvalue weighted by Crippen LogP contribution is -2.42. The molecule has 112 valence electrons. The lowest BCUT2D eigenvalue weighted by Gasteiger charge is -2.24. The number of aryl methyl sites for hydroxylation is 1. The van der Waals surface area contributed by atoms with Crippen molar-refractivity contribution < 1.29 is 4.79 Å². The molecule has 1 aromatic rings. The van der Waals surface area contributed by atoms with Crippen LogP contribution in [0.4, 0.5) is 5.69 Å². The molecule has 0 fully saturated rings. The van der Waals surface area contributed by atoms with Crippen molar-refractivity contribution >= 4 is 11.6 Å². The molecule has 0 spiro atoms. The van der Waals surface area contributed by atoms with Gasteiger partial charge in [0.2, 0.25) is 0 Å². The summed E-state index contributed by atoms with van der Waals surface area (Å²) < 4.78 is 0. The van der Waals surface area contributed by atoms with Crippen LogP contribution in [0.15, 0.2) is 18.2 Å². The van der Waals surface area contributed by atoms with E-state index >= 15 is 0 Å². The van der Waals surface area contributed by atoms with Gasteiger partial charge >= 0.3 is 0 Å². The largest absolute Gasteiger partial charge is 0.399 e. The van der Waals surface area contributed by atoms with Crippen molar-refractivity contribution in [3.63, 3.8) is 0 Å². The van der Waals surface area contributed by atoms with E-state index in [1.807, 2.05) is 33.2 Å². The Morgan fingerprint density at radius 1 is 1.30 bits per heavy atom. The Kier molecular flexibility index (Phi) is 6.02. The molecule has 1 aromatic carbocycles. The van der Waals surface area contributed by atoms with Gasteiger partial charge < -0.3 is 16.0 Å². The second-order valence-electron chi connectivity index (χ2n) is 6.19. The minimum atomic E-state index is -0.0482. The Balaban J connectivity index is 2.78. The summed E-state index contributed by atoms with van der Waals surface area (Å²) in [6.07, 6.45) is 0.964. The quantitative estimate of drug-likeness (QED) is 0.784.